The second-order valence-corrected chi connectivity index (χ2v) is 5.36. The Morgan fingerprint density at radius 3 is 2.25 bits per heavy atom. The molecule has 1 aromatic heterocycles. The number of hydrogen-bond donors (Lipinski definition) is 2. The molecule has 128 valence electrons. The van der Waals surface area contributed by atoms with Crippen LogP contribution in [0, 0.1) is 0 Å². The van der Waals surface area contributed by atoms with Crippen molar-refractivity contribution < 1.29 is 9.47 Å². The third-order valence-electron chi connectivity index (χ3n) is 3.93. The largest absolute Gasteiger partial charge is 0.496 e. The molecule has 24 heavy (non-hydrogen) atoms. The van der Waals surface area contributed by atoms with Gasteiger partial charge in [0.15, 0.2) is 0 Å². The maximum atomic E-state index is 5.93. The average Bonchev–Trinajstić information content (AvgIpc) is 2.58. The number of ether oxygens (including phenoxy) is 2. The second kappa shape index (κ2) is 7.68. The molecule has 0 radical (unpaired) electrons. The van der Waals surface area contributed by atoms with Gasteiger partial charge in [0.25, 0.3) is 0 Å². The zero-order valence-corrected chi connectivity index (χ0v) is 14.6. The second-order valence-electron chi connectivity index (χ2n) is 5.36. The predicted octanol–water partition coefficient (Wildman–Crippen LogP) is 3.06. The molecule has 0 aliphatic heterocycles. The first-order chi connectivity index (χ1) is 11.5. The maximum absolute atomic E-state index is 5.93. The number of nitrogens with zero attached hydrogens (tertiary/aromatic N) is 2. The molecular weight excluding hydrogens is 304 g/mol. The van der Waals surface area contributed by atoms with Gasteiger partial charge in [-0.05, 0) is 36.6 Å². The molecule has 0 unspecified atom stereocenters. The number of nitrogens with two attached hydrogens (primary N) is 2. The fourth-order valence-electron chi connectivity index (χ4n) is 2.70. The summed E-state index contributed by atoms with van der Waals surface area (Å²) in [6, 6.07) is 3.99. The summed E-state index contributed by atoms with van der Waals surface area (Å²) < 4.78 is 11.2. The van der Waals surface area contributed by atoms with Gasteiger partial charge in [-0.25, -0.2) is 4.98 Å². The summed E-state index contributed by atoms with van der Waals surface area (Å²) >= 11 is 0. The molecule has 0 aliphatic rings. The van der Waals surface area contributed by atoms with Crippen molar-refractivity contribution in [3.8, 4) is 11.5 Å². The summed E-state index contributed by atoms with van der Waals surface area (Å²) in [4.78, 5) is 8.01. The summed E-state index contributed by atoms with van der Waals surface area (Å²) in [6.07, 6.45) is 5.18. The van der Waals surface area contributed by atoms with Crippen LogP contribution in [0.25, 0.3) is 5.57 Å². The van der Waals surface area contributed by atoms with E-state index in [9.17, 15) is 0 Å². The lowest BCUT2D eigenvalue weighted by Gasteiger charge is -2.17. The smallest absolute Gasteiger partial charge is 0.221 e. The Morgan fingerprint density at radius 2 is 1.79 bits per heavy atom. The molecule has 2 aromatic rings. The normalized spacial score (nSPS) is 11.4. The van der Waals surface area contributed by atoms with Gasteiger partial charge < -0.3 is 20.9 Å². The van der Waals surface area contributed by atoms with Gasteiger partial charge in [0, 0.05) is 18.2 Å². The van der Waals surface area contributed by atoms with Crippen molar-refractivity contribution in [1.29, 1.82) is 0 Å². The number of aromatic nitrogens is 2. The Hall–Kier alpha value is -2.76. The van der Waals surface area contributed by atoms with E-state index in [1.807, 2.05) is 19.1 Å². The first-order valence-corrected chi connectivity index (χ1v) is 7.81. The summed E-state index contributed by atoms with van der Waals surface area (Å²) in [7, 11) is 3.32. The lowest BCUT2D eigenvalue weighted by Crippen LogP contribution is -2.05. The highest BCUT2D eigenvalue weighted by Gasteiger charge is 2.16. The zero-order chi connectivity index (χ0) is 17.7. The van der Waals surface area contributed by atoms with Crippen LogP contribution in [0.1, 0.15) is 37.0 Å². The summed E-state index contributed by atoms with van der Waals surface area (Å²) in [5.74, 6) is 2.10. The summed E-state index contributed by atoms with van der Waals surface area (Å²) in [5, 5.41) is 0. The van der Waals surface area contributed by atoms with Crippen LogP contribution in [0.2, 0.25) is 0 Å². The fraction of sp³-hybridized carbons (Fsp3) is 0.333. The van der Waals surface area contributed by atoms with Gasteiger partial charge in [0.05, 0.1) is 19.8 Å². The molecule has 4 N–H and O–H groups in total. The highest BCUT2D eigenvalue weighted by molar-refractivity contribution is 5.76. The van der Waals surface area contributed by atoms with Crippen molar-refractivity contribution in [2.45, 2.75) is 26.7 Å². The number of allylic oxidation sites excluding steroid dienone is 2. The third kappa shape index (κ3) is 3.59. The first kappa shape index (κ1) is 17.6. The van der Waals surface area contributed by atoms with Crippen molar-refractivity contribution in [3.05, 3.63) is 41.1 Å². The molecule has 1 heterocycles. The van der Waals surface area contributed by atoms with E-state index in [2.05, 4.69) is 23.0 Å². The van der Waals surface area contributed by atoms with Crippen molar-refractivity contribution >= 4 is 17.3 Å². The van der Waals surface area contributed by atoms with Crippen LogP contribution in [0.4, 0.5) is 11.8 Å². The number of methoxy groups -OCH3 is 2. The number of anilines is 2. The van der Waals surface area contributed by atoms with E-state index in [1.54, 1.807) is 20.4 Å². The van der Waals surface area contributed by atoms with E-state index in [4.69, 9.17) is 20.9 Å². The molecule has 0 fully saturated rings. The van der Waals surface area contributed by atoms with Crippen molar-refractivity contribution in [1.82, 2.24) is 9.97 Å². The number of rotatable bonds is 6. The standard InChI is InChI=1S/C18H24N4O2/c1-5-12(6-2)16-14(23-3)8-11(9-15(16)24-4)7-13-10-21-18(20)22-17(13)19/h5,8-10H,6-7H2,1-4H3,(H4,19,20,21,22). The van der Waals surface area contributed by atoms with Gasteiger partial charge in [-0.15, -0.1) is 0 Å². The summed E-state index contributed by atoms with van der Waals surface area (Å²) in [5.41, 5.74) is 15.4. The molecule has 1 aromatic carbocycles. The van der Waals surface area contributed by atoms with E-state index >= 15 is 0 Å². The van der Waals surface area contributed by atoms with Crippen molar-refractivity contribution in [2.24, 2.45) is 0 Å². The minimum absolute atomic E-state index is 0.169. The van der Waals surface area contributed by atoms with Crippen LogP contribution in [-0.4, -0.2) is 24.2 Å². The molecule has 0 aliphatic carbocycles. The van der Waals surface area contributed by atoms with Crippen LogP contribution in [0.15, 0.2) is 24.4 Å². The van der Waals surface area contributed by atoms with Gasteiger partial charge in [-0.2, -0.15) is 4.98 Å². The van der Waals surface area contributed by atoms with Gasteiger partial charge in [0.2, 0.25) is 5.95 Å². The molecule has 6 nitrogen and oxygen atoms in total. The van der Waals surface area contributed by atoms with E-state index in [0.717, 1.165) is 34.6 Å². The van der Waals surface area contributed by atoms with Crippen LogP contribution < -0.4 is 20.9 Å². The highest BCUT2D eigenvalue weighted by atomic mass is 16.5. The Balaban J connectivity index is 2.49. The molecule has 0 bridgehead atoms. The average molecular weight is 328 g/mol. The third-order valence-corrected chi connectivity index (χ3v) is 3.93. The van der Waals surface area contributed by atoms with E-state index in [-0.39, 0.29) is 5.95 Å². The lowest BCUT2D eigenvalue weighted by molar-refractivity contribution is 0.391. The molecule has 0 saturated heterocycles. The van der Waals surface area contributed by atoms with E-state index in [1.165, 1.54) is 5.57 Å². The predicted molar refractivity (Wildman–Crippen MR) is 97.2 cm³/mol. The number of benzene rings is 1. The molecule has 6 heteroatoms. The van der Waals surface area contributed by atoms with Crippen molar-refractivity contribution in [2.75, 3.05) is 25.7 Å². The Labute approximate surface area is 142 Å². The molecule has 0 amide bonds. The SMILES string of the molecule is CC=C(CC)c1c(OC)cc(Cc2cnc(N)nc2N)cc1OC. The van der Waals surface area contributed by atoms with Gasteiger partial charge >= 0.3 is 0 Å². The van der Waals surface area contributed by atoms with E-state index in [0.29, 0.717) is 12.2 Å². The topological polar surface area (TPSA) is 96.3 Å². The Kier molecular flexibility index (Phi) is 5.63. The molecule has 0 atom stereocenters. The lowest BCUT2D eigenvalue weighted by atomic mass is 9.97. The minimum Gasteiger partial charge on any atom is -0.496 e. The number of nitrogen functional groups attached to an aromatic ring is 2. The monoisotopic (exact) mass is 328 g/mol. The molecule has 0 saturated carbocycles. The fourth-order valence-corrected chi connectivity index (χ4v) is 2.70. The van der Waals surface area contributed by atoms with Crippen LogP contribution in [0.3, 0.4) is 0 Å². The quantitative estimate of drug-likeness (QED) is 0.846. The van der Waals surface area contributed by atoms with Crippen LogP contribution >= 0.6 is 0 Å². The van der Waals surface area contributed by atoms with Gasteiger partial charge in [-0.3, -0.25) is 0 Å². The Bertz CT molecular complexity index is 732. The first-order valence-electron chi connectivity index (χ1n) is 7.81. The van der Waals surface area contributed by atoms with Gasteiger partial charge in [-0.1, -0.05) is 13.0 Å². The van der Waals surface area contributed by atoms with Gasteiger partial charge in [0.1, 0.15) is 17.3 Å². The minimum atomic E-state index is 0.169. The Morgan fingerprint density at radius 1 is 1.17 bits per heavy atom. The zero-order valence-electron chi connectivity index (χ0n) is 14.6. The highest BCUT2D eigenvalue weighted by Crippen LogP contribution is 2.38. The van der Waals surface area contributed by atoms with Crippen LogP contribution in [-0.2, 0) is 6.42 Å². The van der Waals surface area contributed by atoms with Crippen LogP contribution in [0.5, 0.6) is 11.5 Å². The maximum Gasteiger partial charge on any atom is 0.221 e. The summed E-state index contributed by atoms with van der Waals surface area (Å²) in [6.45, 7) is 4.12. The molecule has 2 rings (SSSR count). The van der Waals surface area contributed by atoms with E-state index < -0.39 is 0 Å². The molecule has 0 spiro atoms. The molecular formula is C18H24N4O2. The van der Waals surface area contributed by atoms with Crippen molar-refractivity contribution in [3.63, 3.8) is 0 Å². The number of hydrogen-bond acceptors (Lipinski definition) is 6.